The number of anilines is 1. The van der Waals surface area contributed by atoms with E-state index in [4.69, 9.17) is 4.74 Å². The van der Waals surface area contributed by atoms with E-state index in [2.05, 4.69) is 9.88 Å². The summed E-state index contributed by atoms with van der Waals surface area (Å²) in [7, 11) is -1.16. The van der Waals surface area contributed by atoms with Gasteiger partial charge in [0.25, 0.3) is 0 Å². The second-order valence-corrected chi connectivity index (χ2v) is 9.06. The zero-order valence-electron chi connectivity index (χ0n) is 19.6. The van der Waals surface area contributed by atoms with Crippen molar-refractivity contribution in [3.05, 3.63) is 77.4 Å². The van der Waals surface area contributed by atoms with Crippen LogP contribution in [0, 0.1) is 0 Å². The standard InChI is InChI=1S/C27H26BF2N4O/c1-35-26-20(17-19-9-7-15-32-16-8-12-22(26)25(19)32)18-33(28(29)30)27-31-23-13-5-6-14-24(23)34(27)21-10-3-2-4-11-21/h2-6,10-11,13-14,17-18H,7-9,12,15-16H2,1H3/q+1. The van der Waals surface area contributed by atoms with Crippen LogP contribution >= 0.6 is 0 Å². The summed E-state index contributed by atoms with van der Waals surface area (Å²) in [5, 5.41) is 0. The van der Waals surface area contributed by atoms with Crippen LogP contribution in [0.15, 0.2) is 60.7 Å². The van der Waals surface area contributed by atoms with Gasteiger partial charge >= 0.3 is 13.4 Å². The van der Waals surface area contributed by atoms with Gasteiger partial charge in [-0.15, -0.1) is 0 Å². The Balaban J connectivity index is 1.59. The van der Waals surface area contributed by atoms with Gasteiger partial charge in [-0.05, 0) is 61.6 Å². The fraction of sp³-hybridized carbons (Fsp3) is 0.259. The van der Waals surface area contributed by atoms with Crippen molar-refractivity contribution >= 4 is 36.3 Å². The second-order valence-electron chi connectivity index (χ2n) is 9.06. The number of para-hydroxylation sites is 3. The van der Waals surface area contributed by atoms with Crippen LogP contribution in [-0.2, 0) is 12.8 Å². The third-order valence-electron chi connectivity index (χ3n) is 6.98. The fourth-order valence-electron chi connectivity index (χ4n) is 5.56. The molecule has 176 valence electrons. The SMILES string of the molecule is COc1c(/C=[N+](\B(F)F)c2nc3ccccc3n2-c2ccccc2)cc2c3c1CCCN3CCC2. The number of nitrogens with zero attached hydrogens (tertiary/aromatic N) is 4. The molecule has 0 saturated carbocycles. The summed E-state index contributed by atoms with van der Waals surface area (Å²) in [4.78, 5) is 7.06. The maximum absolute atomic E-state index is 14.7. The monoisotopic (exact) mass is 471 g/mol. The number of fused-ring (bicyclic) bond motifs is 1. The van der Waals surface area contributed by atoms with E-state index in [9.17, 15) is 8.63 Å². The van der Waals surface area contributed by atoms with E-state index in [-0.39, 0.29) is 5.95 Å². The Kier molecular flexibility index (Phi) is 5.51. The van der Waals surface area contributed by atoms with Gasteiger partial charge in [0.05, 0.1) is 13.3 Å². The van der Waals surface area contributed by atoms with Crippen molar-refractivity contribution < 1.29 is 17.9 Å². The molecule has 2 aliphatic heterocycles. The van der Waals surface area contributed by atoms with Crippen LogP contribution in [0.3, 0.4) is 0 Å². The molecule has 0 atom stereocenters. The molecule has 0 spiro atoms. The maximum atomic E-state index is 14.7. The Morgan fingerprint density at radius 2 is 1.74 bits per heavy atom. The molecule has 6 rings (SSSR count). The topological polar surface area (TPSA) is 33.3 Å². The molecule has 2 aliphatic rings. The van der Waals surface area contributed by atoms with Crippen molar-refractivity contribution in [3.63, 3.8) is 0 Å². The van der Waals surface area contributed by atoms with Gasteiger partial charge in [0, 0.05) is 29.9 Å². The van der Waals surface area contributed by atoms with Crippen LogP contribution in [0.2, 0.25) is 0 Å². The first kappa shape index (κ1) is 21.8. The number of rotatable bonds is 5. The molecule has 0 radical (unpaired) electrons. The molecular formula is C27H26BF2N4O+. The Bertz CT molecular complexity index is 1430. The van der Waals surface area contributed by atoms with Gasteiger partial charge in [0.2, 0.25) is 0 Å². The molecule has 0 saturated heterocycles. The highest BCUT2D eigenvalue weighted by atomic mass is 19.2. The molecule has 8 heteroatoms. The van der Waals surface area contributed by atoms with E-state index < -0.39 is 7.40 Å². The Hall–Kier alpha value is -3.68. The zero-order valence-corrected chi connectivity index (χ0v) is 19.6. The van der Waals surface area contributed by atoms with Crippen LogP contribution in [0.25, 0.3) is 16.7 Å². The van der Waals surface area contributed by atoms with Gasteiger partial charge in [0.15, 0.2) is 11.0 Å². The molecule has 0 bridgehead atoms. The number of benzene rings is 3. The minimum atomic E-state index is -2.79. The van der Waals surface area contributed by atoms with Gasteiger partial charge < -0.3 is 9.64 Å². The van der Waals surface area contributed by atoms with Crippen molar-refractivity contribution in [3.8, 4) is 11.4 Å². The van der Waals surface area contributed by atoms with E-state index in [0.29, 0.717) is 16.8 Å². The summed E-state index contributed by atoms with van der Waals surface area (Å²) >= 11 is 0. The van der Waals surface area contributed by atoms with Crippen molar-refractivity contribution in [2.45, 2.75) is 25.7 Å². The number of hydrogen-bond donors (Lipinski definition) is 0. The molecule has 0 aliphatic carbocycles. The highest BCUT2D eigenvalue weighted by Gasteiger charge is 2.36. The quantitative estimate of drug-likeness (QED) is 0.288. The maximum Gasteiger partial charge on any atom is 0.767 e. The largest absolute Gasteiger partial charge is 0.767 e. The Morgan fingerprint density at radius 3 is 2.51 bits per heavy atom. The van der Waals surface area contributed by atoms with Crippen LogP contribution in [0.5, 0.6) is 5.75 Å². The first-order valence-electron chi connectivity index (χ1n) is 12.1. The first-order valence-corrected chi connectivity index (χ1v) is 12.1. The highest BCUT2D eigenvalue weighted by molar-refractivity contribution is 6.34. The van der Waals surface area contributed by atoms with E-state index in [1.165, 1.54) is 17.5 Å². The third kappa shape index (κ3) is 3.68. The van der Waals surface area contributed by atoms with Crippen LogP contribution < -0.4 is 9.64 Å². The van der Waals surface area contributed by atoms with Gasteiger partial charge in [0.1, 0.15) is 11.4 Å². The molecular weight excluding hydrogens is 445 g/mol. The summed E-state index contributed by atoms with van der Waals surface area (Å²) in [6.45, 7) is 2.08. The summed E-state index contributed by atoms with van der Waals surface area (Å²) < 4.78 is 38.0. The smallest absolute Gasteiger partial charge is 0.496 e. The number of ether oxygens (including phenoxy) is 1. The lowest BCUT2D eigenvalue weighted by atomic mass is 9.89. The molecule has 0 fully saturated rings. The van der Waals surface area contributed by atoms with Crippen molar-refractivity contribution in [2.75, 3.05) is 25.1 Å². The minimum absolute atomic E-state index is 0.169. The molecule has 4 aromatic rings. The molecule has 3 aromatic carbocycles. The van der Waals surface area contributed by atoms with Crippen LogP contribution in [0.4, 0.5) is 20.3 Å². The fourth-order valence-corrected chi connectivity index (χ4v) is 5.56. The molecule has 0 amide bonds. The molecule has 0 unspecified atom stereocenters. The molecule has 5 nitrogen and oxygen atoms in total. The van der Waals surface area contributed by atoms with Crippen LogP contribution in [-0.4, -0.2) is 47.9 Å². The van der Waals surface area contributed by atoms with Gasteiger partial charge in [-0.3, -0.25) is 0 Å². The minimum Gasteiger partial charge on any atom is -0.496 e. The number of methoxy groups -OCH3 is 1. The van der Waals surface area contributed by atoms with Gasteiger partial charge in [-0.25, -0.2) is 13.1 Å². The van der Waals surface area contributed by atoms with Crippen molar-refractivity contribution in [2.24, 2.45) is 0 Å². The van der Waals surface area contributed by atoms with Crippen molar-refractivity contribution in [1.29, 1.82) is 0 Å². The summed E-state index contributed by atoms with van der Waals surface area (Å²) in [5.41, 5.74) is 6.47. The lowest BCUT2D eigenvalue weighted by molar-refractivity contribution is -0.316. The second kappa shape index (κ2) is 8.84. The predicted octanol–water partition coefficient (Wildman–Crippen LogP) is 5.42. The number of aromatic nitrogens is 2. The summed E-state index contributed by atoms with van der Waals surface area (Å²) in [5.74, 6) is 0.853. The lowest BCUT2D eigenvalue weighted by Gasteiger charge is -2.37. The number of halogens is 2. The van der Waals surface area contributed by atoms with Crippen LogP contribution in [0.1, 0.15) is 29.5 Å². The third-order valence-corrected chi connectivity index (χ3v) is 6.98. The van der Waals surface area contributed by atoms with E-state index in [0.717, 1.165) is 60.0 Å². The normalized spacial score (nSPS) is 15.3. The van der Waals surface area contributed by atoms with E-state index in [1.54, 1.807) is 11.7 Å². The first-order chi connectivity index (χ1) is 17.2. The highest BCUT2D eigenvalue weighted by Crippen LogP contribution is 2.42. The zero-order chi connectivity index (χ0) is 23.9. The molecule has 35 heavy (non-hydrogen) atoms. The summed E-state index contributed by atoms with van der Waals surface area (Å²) in [6.07, 6.45) is 5.45. The van der Waals surface area contributed by atoms with E-state index in [1.807, 2.05) is 60.7 Å². The predicted molar refractivity (Wildman–Crippen MR) is 136 cm³/mol. The average molecular weight is 471 g/mol. The molecule has 0 N–H and O–H groups in total. The van der Waals surface area contributed by atoms with E-state index >= 15 is 0 Å². The summed E-state index contributed by atoms with van der Waals surface area (Å²) in [6, 6.07) is 19.0. The number of aryl methyl sites for hydroxylation is 1. The Labute approximate surface area is 203 Å². The molecule has 3 heterocycles. The number of imidazole rings is 1. The lowest BCUT2D eigenvalue weighted by Crippen LogP contribution is -2.35. The number of hydrogen-bond acceptors (Lipinski definition) is 3. The van der Waals surface area contributed by atoms with Gasteiger partial charge in [-0.1, -0.05) is 35.3 Å². The van der Waals surface area contributed by atoms with Crippen molar-refractivity contribution in [1.82, 2.24) is 9.55 Å². The molecule has 1 aromatic heterocycles. The van der Waals surface area contributed by atoms with Gasteiger partial charge in [-0.2, -0.15) is 4.57 Å². The average Bonchev–Trinajstić information content (AvgIpc) is 3.27. The Morgan fingerprint density at radius 1 is 1.00 bits per heavy atom.